The van der Waals surface area contributed by atoms with E-state index in [1.165, 1.54) is 5.56 Å². The minimum absolute atomic E-state index is 0.747. The van der Waals surface area contributed by atoms with Gasteiger partial charge in [0.25, 0.3) is 0 Å². The number of aromatic amines is 1. The minimum atomic E-state index is 0.747. The monoisotopic (exact) mass is 255 g/mol. The molecule has 2 aromatic heterocycles. The molecule has 2 heterocycles. The maximum Gasteiger partial charge on any atom is 0.162 e. The van der Waals surface area contributed by atoms with E-state index in [1.807, 2.05) is 23.7 Å². The van der Waals surface area contributed by atoms with E-state index in [1.54, 1.807) is 0 Å². The molecule has 0 spiro atoms. The Kier molecular flexibility index (Phi) is 2.52. The molecule has 0 bridgehead atoms. The number of rotatable bonds is 1. The second-order valence-electron chi connectivity index (χ2n) is 4.45. The molecular formula is C14H13N3S. The molecular weight excluding hydrogens is 242 g/mol. The maximum absolute atomic E-state index is 5.32. The summed E-state index contributed by atoms with van der Waals surface area (Å²) in [7, 11) is 0. The van der Waals surface area contributed by atoms with E-state index in [-0.39, 0.29) is 0 Å². The highest BCUT2D eigenvalue weighted by Gasteiger charge is 2.08. The molecule has 3 nitrogen and oxygen atoms in total. The lowest BCUT2D eigenvalue weighted by molar-refractivity contribution is 0.915. The number of hydrogen-bond donors (Lipinski definition) is 1. The average molecular weight is 255 g/mol. The van der Waals surface area contributed by atoms with Crippen LogP contribution in [0.25, 0.3) is 16.8 Å². The summed E-state index contributed by atoms with van der Waals surface area (Å²) < 4.78 is 2.58. The lowest BCUT2D eigenvalue weighted by Crippen LogP contribution is -1.94. The third kappa shape index (κ3) is 1.75. The van der Waals surface area contributed by atoms with Crippen LogP contribution in [0.5, 0.6) is 0 Å². The number of fused-ring (bicyclic) bond motifs is 1. The topological polar surface area (TPSA) is 33.1 Å². The van der Waals surface area contributed by atoms with Gasteiger partial charge in [0.2, 0.25) is 0 Å². The SMILES string of the molecule is Cc1cccc(-c2c[nH]n3c(=S)cc(C)nc23)c1. The average Bonchev–Trinajstić information content (AvgIpc) is 2.72. The van der Waals surface area contributed by atoms with Crippen LogP contribution < -0.4 is 0 Å². The van der Waals surface area contributed by atoms with E-state index in [9.17, 15) is 0 Å². The van der Waals surface area contributed by atoms with Crippen molar-refractivity contribution in [2.24, 2.45) is 0 Å². The Labute approximate surface area is 110 Å². The van der Waals surface area contributed by atoms with Crippen LogP contribution in [-0.2, 0) is 0 Å². The molecule has 0 amide bonds. The van der Waals surface area contributed by atoms with Crippen LogP contribution in [0.3, 0.4) is 0 Å². The van der Waals surface area contributed by atoms with Crippen molar-refractivity contribution in [3.63, 3.8) is 0 Å². The Hall–Kier alpha value is -1.94. The first-order valence-corrected chi connectivity index (χ1v) is 6.21. The summed E-state index contributed by atoms with van der Waals surface area (Å²) in [6.45, 7) is 4.05. The first-order chi connectivity index (χ1) is 8.65. The number of nitrogens with zero attached hydrogens (tertiary/aromatic N) is 2. The van der Waals surface area contributed by atoms with Crippen molar-refractivity contribution in [3.05, 3.63) is 52.4 Å². The predicted octanol–water partition coefficient (Wildman–Crippen LogP) is 3.68. The van der Waals surface area contributed by atoms with Crippen molar-refractivity contribution < 1.29 is 0 Å². The lowest BCUT2D eigenvalue weighted by atomic mass is 10.1. The highest BCUT2D eigenvalue weighted by molar-refractivity contribution is 7.71. The van der Waals surface area contributed by atoms with Crippen LogP contribution >= 0.6 is 12.2 Å². The van der Waals surface area contributed by atoms with Crippen LogP contribution in [0, 0.1) is 18.5 Å². The number of H-pyrrole nitrogens is 1. The second kappa shape index (κ2) is 4.07. The zero-order valence-corrected chi connectivity index (χ0v) is 11.1. The van der Waals surface area contributed by atoms with Gasteiger partial charge in [0.05, 0.1) is 0 Å². The molecule has 18 heavy (non-hydrogen) atoms. The van der Waals surface area contributed by atoms with Crippen molar-refractivity contribution in [3.8, 4) is 11.1 Å². The summed E-state index contributed by atoms with van der Waals surface area (Å²) in [6.07, 6.45) is 1.95. The van der Waals surface area contributed by atoms with Gasteiger partial charge in [-0.2, -0.15) is 0 Å². The van der Waals surface area contributed by atoms with Crippen molar-refractivity contribution in [2.75, 3.05) is 0 Å². The Morgan fingerprint density at radius 1 is 1.22 bits per heavy atom. The van der Waals surface area contributed by atoms with Crippen molar-refractivity contribution in [2.45, 2.75) is 13.8 Å². The molecule has 0 fully saturated rings. The van der Waals surface area contributed by atoms with E-state index in [2.05, 4.69) is 41.3 Å². The zero-order valence-electron chi connectivity index (χ0n) is 10.3. The molecule has 0 unspecified atom stereocenters. The van der Waals surface area contributed by atoms with Crippen LogP contribution in [0.2, 0.25) is 0 Å². The van der Waals surface area contributed by atoms with Gasteiger partial charge in [0.1, 0.15) is 4.64 Å². The van der Waals surface area contributed by atoms with Crippen molar-refractivity contribution >= 4 is 17.9 Å². The summed E-state index contributed by atoms with van der Waals surface area (Å²) in [5, 5.41) is 3.15. The summed E-state index contributed by atoms with van der Waals surface area (Å²) in [5.41, 5.74) is 5.28. The molecule has 90 valence electrons. The minimum Gasteiger partial charge on any atom is -0.298 e. The quantitative estimate of drug-likeness (QED) is 0.673. The standard InChI is InChI=1S/C14H13N3S/c1-9-4-3-5-11(6-9)12-8-15-17-13(18)7-10(2)16-14(12)17/h3-8,15H,1-2H3. The molecule has 0 saturated heterocycles. The first kappa shape index (κ1) is 11.2. The van der Waals surface area contributed by atoms with Gasteiger partial charge in [-0.05, 0) is 25.5 Å². The Bertz CT molecular complexity index is 783. The van der Waals surface area contributed by atoms with Gasteiger partial charge in [-0.3, -0.25) is 5.10 Å². The summed E-state index contributed by atoms with van der Waals surface area (Å²) in [4.78, 5) is 4.57. The van der Waals surface area contributed by atoms with Gasteiger partial charge >= 0.3 is 0 Å². The van der Waals surface area contributed by atoms with E-state index in [0.717, 1.165) is 27.1 Å². The molecule has 1 aromatic carbocycles. The smallest absolute Gasteiger partial charge is 0.162 e. The fraction of sp³-hybridized carbons (Fsp3) is 0.143. The molecule has 0 aliphatic heterocycles. The highest BCUT2D eigenvalue weighted by Crippen LogP contribution is 2.24. The van der Waals surface area contributed by atoms with Gasteiger partial charge in [0, 0.05) is 17.5 Å². The largest absolute Gasteiger partial charge is 0.298 e. The maximum atomic E-state index is 5.32. The highest BCUT2D eigenvalue weighted by atomic mass is 32.1. The summed E-state index contributed by atoms with van der Waals surface area (Å²) in [6, 6.07) is 10.3. The molecule has 0 radical (unpaired) electrons. The molecule has 4 heteroatoms. The number of aromatic nitrogens is 3. The van der Waals surface area contributed by atoms with Gasteiger partial charge < -0.3 is 0 Å². The van der Waals surface area contributed by atoms with E-state index >= 15 is 0 Å². The van der Waals surface area contributed by atoms with E-state index in [4.69, 9.17) is 12.2 Å². The van der Waals surface area contributed by atoms with Crippen molar-refractivity contribution in [1.82, 2.24) is 14.6 Å². The number of nitrogens with one attached hydrogen (secondary N) is 1. The zero-order chi connectivity index (χ0) is 12.7. The molecule has 0 atom stereocenters. The second-order valence-corrected chi connectivity index (χ2v) is 4.87. The first-order valence-electron chi connectivity index (χ1n) is 5.80. The third-order valence-electron chi connectivity index (χ3n) is 2.95. The van der Waals surface area contributed by atoms with Crippen LogP contribution in [-0.4, -0.2) is 14.6 Å². The van der Waals surface area contributed by atoms with Crippen LogP contribution in [0.15, 0.2) is 36.5 Å². The van der Waals surface area contributed by atoms with Gasteiger partial charge in [-0.1, -0.05) is 42.0 Å². The Balaban J connectivity index is 2.34. The molecule has 3 aromatic rings. The molecule has 0 aliphatic rings. The molecule has 1 N–H and O–H groups in total. The number of benzene rings is 1. The Morgan fingerprint density at radius 3 is 2.83 bits per heavy atom. The fourth-order valence-corrected chi connectivity index (χ4v) is 2.43. The van der Waals surface area contributed by atoms with Crippen LogP contribution in [0.1, 0.15) is 11.3 Å². The summed E-state index contributed by atoms with van der Waals surface area (Å²) in [5.74, 6) is 0. The predicted molar refractivity (Wildman–Crippen MR) is 75.3 cm³/mol. The van der Waals surface area contributed by atoms with Gasteiger partial charge in [-0.15, -0.1) is 0 Å². The van der Waals surface area contributed by atoms with Gasteiger partial charge in [0.15, 0.2) is 5.65 Å². The Morgan fingerprint density at radius 2 is 2.06 bits per heavy atom. The van der Waals surface area contributed by atoms with Crippen LogP contribution in [0.4, 0.5) is 0 Å². The third-order valence-corrected chi connectivity index (χ3v) is 3.26. The fourth-order valence-electron chi connectivity index (χ4n) is 2.12. The van der Waals surface area contributed by atoms with E-state index < -0.39 is 0 Å². The molecule has 3 rings (SSSR count). The number of aryl methyl sites for hydroxylation is 2. The lowest BCUT2D eigenvalue weighted by Gasteiger charge is -2.01. The number of hydrogen-bond acceptors (Lipinski definition) is 2. The summed E-state index contributed by atoms with van der Waals surface area (Å²) >= 11 is 5.32. The molecule has 0 saturated carbocycles. The normalized spacial score (nSPS) is 11.0. The van der Waals surface area contributed by atoms with Crippen molar-refractivity contribution in [1.29, 1.82) is 0 Å². The van der Waals surface area contributed by atoms with Gasteiger partial charge in [-0.25, -0.2) is 9.50 Å². The molecule has 0 aliphatic carbocycles. The van der Waals surface area contributed by atoms with E-state index in [0.29, 0.717) is 0 Å².